The van der Waals surface area contributed by atoms with Crippen LogP contribution in [-0.4, -0.2) is 18.0 Å². The van der Waals surface area contributed by atoms with Crippen LogP contribution in [0.1, 0.15) is 16.4 Å². The Kier molecular flexibility index (Phi) is 2.82. The first-order chi connectivity index (χ1) is 8.11. The molecule has 0 aliphatic rings. The molecule has 1 amide bonds. The lowest BCUT2D eigenvalue weighted by Gasteiger charge is -2.02. The number of hydrogen-bond donors (Lipinski definition) is 1. The highest BCUT2D eigenvalue weighted by Crippen LogP contribution is 2.26. The van der Waals surface area contributed by atoms with Gasteiger partial charge in [0, 0.05) is 12.5 Å². The van der Waals surface area contributed by atoms with Crippen molar-refractivity contribution in [2.45, 2.75) is 6.92 Å². The van der Waals surface area contributed by atoms with Crippen molar-refractivity contribution in [1.29, 1.82) is 0 Å². The number of nitrogens with zero attached hydrogens (tertiary/aromatic N) is 1. The zero-order valence-corrected chi connectivity index (χ0v) is 9.56. The number of carbonyl (C=O) groups excluding carboxylic acids is 1. The minimum absolute atomic E-state index is 0.0655. The molecule has 0 unspecified atom stereocenters. The highest BCUT2D eigenvalue weighted by atomic mass is 16.5. The molecule has 0 saturated carbocycles. The SMILES string of the molecule is COc1cccc(-c2nc(C)oc2C(N)=O)c1. The molecule has 88 valence electrons. The summed E-state index contributed by atoms with van der Waals surface area (Å²) in [4.78, 5) is 15.4. The van der Waals surface area contributed by atoms with E-state index in [1.165, 1.54) is 0 Å². The van der Waals surface area contributed by atoms with Gasteiger partial charge < -0.3 is 14.9 Å². The van der Waals surface area contributed by atoms with Crippen molar-refractivity contribution in [2.24, 2.45) is 5.73 Å². The molecule has 2 N–H and O–H groups in total. The molecule has 0 aliphatic heterocycles. The topological polar surface area (TPSA) is 78.3 Å². The van der Waals surface area contributed by atoms with Gasteiger partial charge in [-0.3, -0.25) is 4.79 Å². The van der Waals surface area contributed by atoms with Crippen LogP contribution in [-0.2, 0) is 0 Å². The third-order valence-corrected chi connectivity index (χ3v) is 2.30. The second-order valence-corrected chi connectivity index (χ2v) is 3.51. The second kappa shape index (κ2) is 4.29. The normalized spacial score (nSPS) is 10.2. The molecular formula is C12H12N2O3. The summed E-state index contributed by atoms with van der Waals surface area (Å²) in [5.41, 5.74) is 6.40. The van der Waals surface area contributed by atoms with E-state index in [0.29, 0.717) is 17.3 Å². The third kappa shape index (κ3) is 2.13. The smallest absolute Gasteiger partial charge is 0.286 e. The van der Waals surface area contributed by atoms with Gasteiger partial charge in [0.1, 0.15) is 11.4 Å². The molecule has 0 atom stereocenters. The molecule has 0 saturated heterocycles. The standard InChI is InChI=1S/C12H12N2O3/c1-7-14-10(11(17-7)12(13)15)8-4-3-5-9(6-8)16-2/h3-6H,1-2H3,(H2,13,15). The van der Waals surface area contributed by atoms with Gasteiger partial charge in [0.05, 0.1) is 7.11 Å². The Morgan fingerprint density at radius 1 is 1.47 bits per heavy atom. The average Bonchev–Trinajstić information content (AvgIpc) is 2.72. The summed E-state index contributed by atoms with van der Waals surface area (Å²) in [6, 6.07) is 7.19. The van der Waals surface area contributed by atoms with E-state index in [4.69, 9.17) is 14.9 Å². The summed E-state index contributed by atoms with van der Waals surface area (Å²) < 4.78 is 10.3. The van der Waals surface area contributed by atoms with E-state index in [2.05, 4.69) is 4.98 Å². The fraction of sp³-hybridized carbons (Fsp3) is 0.167. The lowest BCUT2D eigenvalue weighted by atomic mass is 10.1. The number of ether oxygens (including phenoxy) is 1. The highest BCUT2D eigenvalue weighted by Gasteiger charge is 2.17. The van der Waals surface area contributed by atoms with Crippen molar-refractivity contribution in [3.63, 3.8) is 0 Å². The van der Waals surface area contributed by atoms with E-state index < -0.39 is 5.91 Å². The molecule has 2 aromatic rings. The zero-order valence-electron chi connectivity index (χ0n) is 9.56. The molecule has 17 heavy (non-hydrogen) atoms. The third-order valence-electron chi connectivity index (χ3n) is 2.30. The molecule has 1 heterocycles. The molecular weight excluding hydrogens is 220 g/mol. The molecule has 0 fully saturated rings. The molecule has 0 bridgehead atoms. The van der Waals surface area contributed by atoms with Crippen LogP contribution in [0, 0.1) is 6.92 Å². The summed E-state index contributed by atoms with van der Waals surface area (Å²) in [7, 11) is 1.57. The lowest BCUT2D eigenvalue weighted by Crippen LogP contribution is -2.11. The fourth-order valence-corrected chi connectivity index (χ4v) is 1.56. The van der Waals surface area contributed by atoms with E-state index in [1.807, 2.05) is 12.1 Å². The predicted molar refractivity (Wildman–Crippen MR) is 61.7 cm³/mol. The van der Waals surface area contributed by atoms with Gasteiger partial charge in [0.15, 0.2) is 5.89 Å². The van der Waals surface area contributed by atoms with E-state index >= 15 is 0 Å². The van der Waals surface area contributed by atoms with Gasteiger partial charge in [0.2, 0.25) is 5.76 Å². The van der Waals surface area contributed by atoms with Crippen LogP contribution in [0.2, 0.25) is 0 Å². The van der Waals surface area contributed by atoms with E-state index in [9.17, 15) is 4.79 Å². The number of oxazole rings is 1. The molecule has 0 radical (unpaired) electrons. The first-order valence-corrected chi connectivity index (χ1v) is 5.03. The Balaban J connectivity index is 2.55. The Labute approximate surface area is 98.2 Å². The molecule has 2 rings (SSSR count). The summed E-state index contributed by atoms with van der Waals surface area (Å²) in [5, 5.41) is 0. The Morgan fingerprint density at radius 2 is 2.24 bits per heavy atom. The zero-order chi connectivity index (χ0) is 12.4. The Morgan fingerprint density at radius 3 is 2.88 bits per heavy atom. The van der Waals surface area contributed by atoms with Crippen LogP contribution in [0.3, 0.4) is 0 Å². The Hall–Kier alpha value is -2.30. The molecule has 0 aliphatic carbocycles. The van der Waals surface area contributed by atoms with Crippen LogP contribution >= 0.6 is 0 Å². The van der Waals surface area contributed by atoms with E-state index in [-0.39, 0.29) is 5.76 Å². The van der Waals surface area contributed by atoms with Crippen molar-refractivity contribution in [3.8, 4) is 17.0 Å². The monoisotopic (exact) mass is 232 g/mol. The number of amides is 1. The summed E-state index contributed by atoms with van der Waals surface area (Å²) >= 11 is 0. The van der Waals surface area contributed by atoms with Crippen molar-refractivity contribution >= 4 is 5.91 Å². The van der Waals surface area contributed by atoms with E-state index in [1.54, 1.807) is 26.2 Å². The molecule has 1 aromatic carbocycles. The van der Waals surface area contributed by atoms with Gasteiger partial charge in [-0.25, -0.2) is 4.98 Å². The van der Waals surface area contributed by atoms with Crippen molar-refractivity contribution in [3.05, 3.63) is 35.9 Å². The summed E-state index contributed by atoms with van der Waals surface area (Å²) in [6.07, 6.45) is 0. The number of nitrogens with two attached hydrogens (primary N) is 1. The maximum Gasteiger partial charge on any atom is 0.286 e. The van der Waals surface area contributed by atoms with Gasteiger partial charge >= 0.3 is 0 Å². The number of hydrogen-bond acceptors (Lipinski definition) is 4. The van der Waals surface area contributed by atoms with Crippen LogP contribution < -0.4 is 10.5 Å². The van der Waals surface area contributed by atoms with Crippen LogP contribution in [0.4, 0.5) is 0 Å². The van der Waals surface area contributed by atoms with Gasteiger partial charge in [-0.1, -0.05) is 12.1 Å². The van der Waals surface area contributed by atoms with Crippen LogP contribution in [0.15, 0.2) is 28.7 Å². The average molecular weight is 232 g/mol. The highest BCUT2D eigenvalue weighted by molar-refractivity contribution is 5.96. The molecule has 1 aromatic heterocycles. The minimum Gasteiger partial charge on any atom is -0.497 e. The number of rotatable bonds is 3. The number of carbonyl (C=O) groups is 1. The number of aryl methyl sites for hydroxylation is 1. The fourth-order valence-electron chi connectivity index (χ4n) is 1.56. The largest absolute Gasteiger partial charge is 0.497 e. The first-order valence-electron chi connectivity index (χ1n) is 5.03. The molecule has 5 heteroatoms. The lowest BCUT2D eigenvalue weighted by molar-refractivity contribution is 0.0973. The van der Waals surface area contributed by atoms with Gasteiger partial charge in [-0.15, -0.1) is 0 Å². The number of primary amides is 1. The first kappa shape index (κ1) is 11.2. The predicted octanol–water partition coefficient (Wildman–Crippen LogP) is 1.76. The second-order valence-electron chi connectivity index (χ2n) is 3.51. The van der Waals surface area contributed by atoms with Gasteiger partial charge in [0.25, 0.3) is 5.91 Å². The summed E-state index contributed by atoms with van der Waals surface area (Å²) in [5.74, 6) is 0.509. The molecule has 5 nitrogen and oxygen atoms in total. The van der Waals surface area contributed by atoms with Crippen molar-refractivity contribution in [2.75, 3.05) is 7.11 Å². The minimum atomic E-state index is -0.636. The number of aromatic nitrogens is 1. The summed E-state index contributed by atoms with van der Waals surface area (Å²) in [6.45, 7) is 1.66. The van der Waals surface area contributed by atoms with Gasteiger partial charge in [-0.05, 0) is 12.1 Å². The number of benzene rings is 1. The van der Waals surface area contributed by atoms with Crippen LogP contribution in [0.5, 0.6) is 5.75 Å². The molecule has 0 spiro atoms. The van der Waals surface area contributed by atoms with E-state index in [0.717, 1.165) is 5.56 Å². The van der Waals surface area contributed by atoms with Crippen molar-refractivity contribution in [1.82, 2.24) is 4.98 Å². The van der Waals surface area contributed by atoms with Crippen LogP contribution in [0.25, 0.3) is 11.3 Å². The maximum atomic E-state index is 11.2. The maximum absolute atomic E-state index is 11.2. The Bertz CT molecular complexity index is 561. The van der Waals surface area contributed by atoms with Crippen molar-refractivity contribution < 1.29 is 13.9 Å². The number of methoxy groups -OCH3 is 1. The van der Waals surface area contributed by atoms with Gasteiger partial charge in [-0.2, -0.15) is 0 Å². The quantitative estimate of drug-likeness (QED) is 0.874.